The van der Waals surface area contributed by atoms with Gasteiger partial charge in [-0.1, -0.05) is 12.1 Å². The number of imide groups is 1. The molecule has 3 aromatic rings. The molecule has 4 rings (SSSR count). The number of esters is 1. The number of methoxy groups -OCH3 is 1. The first-order valence-corrected chi connectivity index (χ1v) is 10.7. The second-order valence-corrected chi connectivity index (χ2v) is 7.59. The summed E-state index contributed by atoms with van der Waals surface area (Å²) in [5, 5.41) is 2.78. The molecular weight excluding hydrogens is 436 g/mol. The van der Waals surface area contributed by atoms with Gasteiger partial charge in [-0.15, -0.1) is 0 Å². The van der Waals surface area contributed by atoms with Gasteiger partial charge in [0.15, 0.2) is 0 Å². The minimum Gasteiger partial charge on any atom is -0.497 e. The van der Waals surface area contributed by atoms with Crippen LogP contribution >= 0.6 is 0 Å². The topological polar surface area (TPSA) is 102 Å². The third-order valence-corrected chi connectivity index (χ3v) is 5.34. The van der Waals surface area contributed by atoms with E-state index in [1.54, 1.807) is 67.8 Å². The standard InChI is InChI=1S/C26H22N2O6/c1-33-19-14-10-18(11-15-19)27-24(30)17-8-12-20(13-9-17)34-23(29)7-4-16-28-25(31)21-5-2-3-6-22(21)26(28)32/h2-3,5-6,8-15H,4,7,16H2,1H3,(H,27,30). The molecule has 3 aromatic carbocycles. The number of hydrogen-bond acceptors (Lipinski definition) is 6. The summed E-state index contributed by atoms with van der Waals surface area (Å²) < 4.78 is 10.4. The van der Waals surface area contributed by atoms with Gasteiger partial charge in [0, 0.05) is 24.2 Å². The Labute approximate surface area is 196 Å². The Kier molecular flexibility index (Phi) is 6.68. The van der Waals surface area contributed by atoms with Gasteiger partial charge in [-0.2, -0.15) is 0 Å². The average Bonchev–Trinajstić information content (AvgIpc) is 3.10. The number of rotatable bonds is 8. The third-order valence-electron chi connectivity index (χ3n) is 5.34. The van der Waals surface area contributed by atoms with Crippen LogP contribution in [0.5, 0.6) is 11.5 Å². The molecule has 8 nitrogen and oxygen atoms in total. The number of anilines is 1. The lowest BCUT2D eigenvalue weighted by Gasteiger charge is -2.13. The summed E-state index contributed by atoms with van der Waals surface area (Å²) in [5.74, 6) is -0.509. The zero-order chi connectivity index (χ0) is 24.1. The smallest absolute Gasteiger partial charge is 0.311 e. The van der Waals surface area contributed by atoms with E-state index in [2.05, 4.69) is 5.32 Å². The Morgan fingerprint density at radius 2 is 1.41 bits per heavy atom. The van der Waals surface area contributed by atoms with Crippen molar-refractivity contribution in [3.63, 3.8) is 0 Å². The minimum absolute atomic E-state index is 0.0348. The summed E-state index contributed by atoms with van der Waals surface area (Å²) in [6, 6.07) is 19.8. The summed E-state index contributed by atoms with van der Waals surface area (Å²) in [7, 11) is 1.57. The van der Waals surface area contributed by atoms with Gasteiger partial charge in [-0.25, -0.2) is 0 Å². The summed E-state index contributed by atoms with van der Waals surface area (Å²) in [6.07, 6.45) is 0.319. The Balaban J connectivity index is 1.25. The molecule has 34 heavy (non-hydrogen) atoms. The van der Waals surface area contributed by atoms with Crippen molar-refractivity contribution in [3.8, 4) is 11.5 Å². The molecule has 172 valence electrons. The van der Waals surface area contributed by atoms with Crippen LogP contribution in [0.2, 0.25) is 0 Å². The van der Waals surface area contributed by atoms with Crippen molar-refractivity contribution in [1.29, 1.82) is 0 Å². The van der Waals surface area contributed by atoms with E-state index in [1.807, 2.05) is 0 Å². The Morgan fingerprint density at radius 1 is 0.824 bits per heavy atom. The van der Waals surface area contributed by atoms with E-state index in [-0.39, 0.29) is 37.1 Å². The predicted molar refractivity (Wildman–Crippen MR) is 124 cm³/mol. The molecule has 0 bridgehead atoms. The van der Waals surface area contributed by atoms with Gasteiger partial charge in [0.2, 0.25) is 0 Å². The first-order valence-electron chi connectivity index (χ1n) is 10.7. The van der Waals surface area contributed by atoms with Gasteiger partial charge in [-0.3, -0.25) is 24.1 Å². The van der Waals surface area contributed by atoms with Crippen LogP contribution in [0, 0.1) is 0 Å². The lowest BCUT2D eigenvalue weighted by Crippen LogP contribution is -2.31. The molecule has 1 aliphatic heterocycles. The molecule has 1 aliphatic rings. The normalized spacial score (nSPS) is 12.3. The lowest BCUT2D eigenvalue weighted by molar-refractivity contribution is -0.134. The zero-order valence-electron chi connectivity index (χ0n) is 18.4. The first kappa shape index (κ1) is 22.7. The van der Waals surface area contributed by atoms with Gasteiger partial charge in [0.25, 0.3) is 17.7 Å². The average molecular weight is 458 g/mol. The molecule has 1 heterocycles. The van der Waals surface area contributed by atoms with Crippen molar-refractivity contribution < 1.29 is 28.7 Å². The summed E-state index contributed by atoms with van der Waals surface area (Å²) >= 11 is 0. The van der Waals surface area contributed by atoms with E-state index >= 15 is 0 Å². The maximum Gasteiger partial charge on any atom is 0.311 e. The highest BCUT2D eigenvalue weighted by atomic mass is 16.5. The Hall–Kier alpha value is -4.46. The van der Waals surface area contributed by atoms with Crippen LogP contribution in [0.4, 0.5) is 5.69 Å². The summed E-state index contributed by atoms with van der Waals surface area (Å²) in [6.45, 7) is 0.131. The van der Waals surface area contributed by atoms with Crippen LogP contribution in [-0.4, -0.2) is 42.2 Å². The number of fused-ring (bicyclic) bond motifs is 1. The lowest BCUT2D eigenvalue weighted by atomic mass is 10.1. The molecule has 0 saturated carbocycles. The quantitative estimate of drug-likeness (QED) is 0.312. The second-order valence-electron chi connectivity index (χ2n) is 7.59. The maximum absolute atomic E-state index is 12.4. The molecule has 0 saturated heterocycles. The van der Waals surface area contributed by atoms with Gasteiger partial charge < -0.3 is 14.8 Å². The molecule has 0 radical (unpaired) electrons. The van der Waals surface area contributed by atoms with Crippen molar-refractivity contribution in [2.24, 2.45) is 0 Å². The largest absolute Gasteiger partial charge is 0.497 e. The van der Waals surface area contributed by atoms with Gasteiger partial charge in [-0.05, 0) is 67.1 Å². The molecule has 0 spiro atoms. The number of benzene rings is 3. The zero-order valence-corrected chi connectivity index (χ0v) is 18.4. The highest BCUT2D eigenvalue weighted by molar-refractivity contribution is 6.21. The maximum atomic E-state index is 12.4. The van der Waals surface area contributed by atoms with Crippen LogP contribution in [0.3, 0.4) is 0 Å². The van der Waals surface area contributed by atoms with Gasteiger partial charge in [0.05, 0.1) is 18.2 Å². The summed E-state index contributed by atoms with van der Waals surface area (Å²) in [5.41, 5.74) is 1.79. The molecule has 8 heteroatoms. The number of nitrogens with zero attached hydrogens (tertiary/aromatic N) is 1. The monoisotopic (exact) mass is 458 g/mol. The van der Waals surface area contributed by atoms with Crippen LogP contribution in [0.1, 0.15) is 43.9 Å². The molecule has 3 amide bonds. The Morgan fingerprint density at radius 3 is 2.00 bits per heavy atom. The SMILES string of the molecule is COc1ccc(NC(=O)c2ccc(OC(=O)CCCN3C(=O)c4ccccc4C3=O)cc2)cc1. The second kappa shape index (κ2) is 9.99. The number of carbonyl (C=O) groups is 4. The Bertz CT molecular complexity index is 1200. The summed E-state index contributed by atoms with van der Waals surface area (Å²) in [4.78, 5) is 50.4. The number of ether oxygens (including phenoxy) is 2. The molecule has 0 aliphatic carbocycles. The van der Waals surface area contributed by atoms with Crippen LogP contribution in [-0.2, 0) is 4.79 Å². The molecular formula is C26H22N2O6. The van der Waals surface area contributed by atoms with E-state index < -0.39 is 5.97 Å². The molecule has 0 fully saturated rings. The third kappa shape index (κ3) is 4.96. The van der Waals surface area contributed by atoms with Gasteiger partial charge >= 0.3 is 5.97 Å². The van der Waals surface area contributed by atoms with Crippen molar-refractivity contribution in [2.75, 3.05) is 19.0 Å². The highest BCUT2D eigenvalue weighted by Gasteiger charge is 2.34. The van der Waals surface area contributed by atoms with E-state index in [4.69, 9.17) is 9.47 Å². The fourth-order valence-electron chi connectivity index (χ4n) is 3.56. The van der Waals surface area contributed by atoms with Crippen LogP contribution < -0.4 is 14.8 Å². The van der Waals surface area contributed by atoms with E-state index in [0.29, 0.717) is 33.9 Å². The van der Waals surface area contributed by atoms with Crippen molar-refractivity contribution in [3.05, 3.63) is 89.5 Å². The van der Waals surface area contributed by atoms with E-state index in [1.165, 1.54) is 12.1 Å². The predicted octanol–water partition coefficient (Wildman–Crippen LogP) is 3.93. The molecule has 1 N–H and O–H groups in total. The molecule has 0 atom stereocenters. The molecule has 0 unspecified atom stereocenters. The first-order chi connectivity index (χ1) is 16.5. The van der Waals surface area contributed by atoms with Crippen LogP contribution in [0.15, 0.2) is 72.8 Å². The van der Waals surface area contributed by atoms with E-state index in [0.717, 1.165) is 4.90 Å². The van der Waals surface area contributed by atoms with Crippen LogP contribution in [0.25, 0.3) is 0 Å². The minimum atomic E-state index is -0.493. The van der Waals surface area contributed by atoms with Crippen molar-refractivity contribution >= 4 is 29.4 Å². The number of hydrogen-bond donors (Lipinski definition) is 1. The fourth-order valence-corrected chi connectivity index (χ4v) is 3.56. The molecule has 0 aromatic heterocycles. The van der Waals surface area contributed by atoms with E-state index in [9.17, 15) is 19.2 Å². The number of amides is 3. The fraction of sp³-hybridized carbons (Fsp3) is 0.154. The van der Waals surface area contributed by atoms with Gasteiger partial charge in [0.1, 0.15) is 11.5 Å². The van der Waals surface area contributed by atoms with Crippen molar-refractivity contribution in [2.45, 2.75) is 12.8 Å². The number of carbonyl (C=O) groups excluding carboxylic acids is 4. The number of nitrogens with one attached hydrogen (secondary N) is 1. The highest BCUT2D eigenvalue weighted by Crippen LogP contribution is 2.23. The van der Waals surface area contributed by atoms with Crippen molar-refractivity contribution in [1.82, 2.24) is 4.90 Å².